The minimum atomic E-state index is 0. The van der Waals surface area contributed by atoms with Crippen molar-refractivity contribution in [3.63, 3.8) is 0 Å². The van der Waals surface area contributed by atoms with Gasteiger partial charge in [-0.15, -0.1) is 12.4 Å². The number of hydrogen-bond acceptors (Lipinski definition) is 4. The van der Waals surface area contributed by atoms with Crippen molar-refractivity contribution in [1.29, 1.82) is 0 Å². The van der Waals surface area contributed by atoms with E-state index in [-0.39, 0.29) is 12.4 Å². The van der Waals surface area contributed by atoms with Gasteiger partial charge < -0.3 is 5.32 Å². The molecule has 2 heterocycles. The van der Waals surface area contributed by atoms with Crippen LogP contribution in [-0.2, 0) is 13.6 Å². The molecule has 3 rings (SSSR count). The molecule has 6 heteroatoms. The molecule has 1 aliphatic heterocycles. The van der Waals surface area contributed by atoms with Gasteiger partial charge in [0.25, 0.3) is 0 Å². The molecule has 20 heavy (non-hydrogen) atoms. The molecular formula is C14H20ClN5. The van der Waals surface area contributed by atoms with Crippen LogP contribution >= 0.6 is 12.4 Å². The molecule has 0 amide bonds. The van der Waals surface area contributed by atoms with Crippen LogP contribution in [0.2, 0.25) is 0 Å². The highest BCUT2D eigenvalue weighted by Crippen LogP contribution is 2.23. The van der Waals surface area contributed by atoms with E-state index in [1.54, 1.807) is 6.33 Å². The fourth-order valence-electron chi connectivity index (χ4n) is 2.58. The fourth-order valence-corrected chi connectivity index (χ4v) is 2.58. The second-order valence-corrected chi connectivity index (χ2v) is 4.90. The maximum atomic E-state index is 4.33. The Morgan fingerprint density at radius 2 is 2.10 bits per heavy atom. The standard InChI is InChI=1S/C14H19N5.ClH/c1-18-14(16-11-17-18)10-19-8-7-15-9-13(19)12-5-3-2-4-6-12;/h2-6,11,13,15H,7-10H2,1H3;1H. The second-order valence-electron chi connectivity index (χ2n) is 4.90. The molecule has 1 unspecified atom stereocenters. The number of benzene rings is 1. The number of aryl methyl sites for hydroxylation is 1. The Balaban J connectivity index is 0.00000147. The van der Waals surface area contributed by atoms with E-state index in [4.69, 9.17) is 0 Å². The first-order valence-electron chi connectivity index (χ1n) is 6.67. The summed E-state index contributed by atoms with van der Waals surface area (Å²) in [5, 5.41) is 7.62. The van der Waals surface area contributed by atoms with Crippen LogP contribution < -0.4 is 5.32 Å². The highest BCUT2D eigenvalue weighted by atomic mass is 35.5. The van der Waals surface area contributed by atoms with Gasteiger partial charge in [-0.2, -0.15) is 5.10 Å². The monoisotopic (exact) mass is 293 g/mol. The topological polar surface area (TPSA) is 46.0 Å². The number of nitrogens with zero attached hydrogens (tertiary/aromatic N) is 4. The van der Waals surface area contributed by atoms with Gasteiger partial charge in [0, 0.05) is 32.7 Å². The lowest BCUT2D eigenvalue weighted by atomic mass is 10.0. The van der Waals surface area contributed by atoms with Crippen molar-refractivity contribution in [1.82, 2.24) is 25.0 Å². The van der Waals surface area contributed by atoms with Gasteiger partial charge in [0.2, 0.25) is 0 Å². The van der Waals surface area contributed by atoms with Crippen molar-refractivity contribution in [2.75, 3.05) is 19.6 Å². The molecule has 0 radical (unpaired) electrons. The summed E-state index contributed by atoms with van der Waals surface area (Å²) >= 11 is 0. The normalized spacial score (nSPS) is 19.6. The average Bonchev–Trinajstić information content (AvgIpc) is 2.86. The largest absolute Gasteiger partial charge is 0.314 e. The molecule has 1 aromatic carbocycles. The number of halogens is 1. The van der Waals surface area contributed by atoms with Crippen LogP contribution in [0.3, 0.4) is 0 Å². The smallest absolute Gasteiger partial charge is 0.140 e. The summed E-state index contributed by atoms with van der Waals surface area (Å²) in [6, 6.07) is 11.1. The number of aromatic nitrogens is 3. The molecule has 0 spiro atoms. The predicted molar refractivity (Wildman–Crippen MR) is 80.7 cm³/mol. The Labute approximate surface area is 125 Å². The van der Waals surface area contributed by atoms with Crippen LogP contribution in [0.25, 0.3) is 0 Å². The third-order valence-corrected chi connectivity index (χ3v) is 3.69. The molecule has 108 valence electrons. The zero-order chi connectivity index (χ0) is 13.1. The van der Waals surface area contributed by atoms with E-state index >= 15 is 0 Å². The van der Waals surface area contributed by atoms with Crippen molar-refractivity contribution < 1.29 is 0 Å². The van der Waals surface area contributed by atoms with Crippen LogP contribution in [0.15, 0.2) is 36.7 Å². The van der Waals surface area contributed by atoms with E-state index in [9.17, 15) is 0 Å². The molecule has 1 N–H and O–H groups in total. The van der Waals surface area contributed by atoms with Gasteiger partial charge in [-0.05, 0) is 5.56 Å². The van der Waals surface area contributed by atoms with Crippen molar-refractivity contribution >= 4 is 12.4 Å². The van der Waals surface area contributed by atoms with Gasteiger partial charge >= 0.3 is 0 Å². The Bertz CT molecular complexity index is 527. The van der Waals surface area contributed by atoms with Gasteiger partial charge in [0.1, 0.15) is 12.2 Å². The lowest BCUT2D eigenvalue weighted by molar-refractivity contribution is 0.148. The zero-order valence-corrected chi connectivity index (χ0v) is 12.4. The summed E-state index contributed by atoms with van der Waals surface area (Å²) in [6.07, 6.45) is 1.62. The van der Waals surface area contributed by atoms with Gasteiger partial charge in [0.15, 0.2) is 0 Å². The fraction of sp³-hybridized carbons (Fsp3) is 0.429. The SMILES string of the molecule is Cl.Cn1ncnc1CN1CCNCC1c1ccccc1. The van der Waals surface area contributed by atoms with E-state index in [0.717, 1.165) is 32.0 Å². The van der Waals surface area contributed by atoms with E-state index in [0.29, 0.717) is 6.04 Å². The first-order chi connectivity index (χ1) is 9.34. The quantitative estimate of drug-likeness (QED) is 0.929. The molecule has 5 nitrogen and oxygen atoms in total. The van der Waals surface area contributed by atoms with Crippen LogP contribution in [-0.4, -0.2) is 39.3 Å². The van der Waals surface area contributed by atoms with Crippen molar-refractivity contribution in [2.24, 2.45) is 7.05 Å². The minimum Gasteiger partial charge on any atom is -0.314 e. The molecule has 1 aliphatic rings. The van der Waals surface area contributed by atoms with E-state index < -0.39 is 0 Å². The third kappa shape index (κ3) is 3.17. The van der Waals surface area contributed by atoms with Gasteiger partial charge in [-0.1, -0.05) is 30.3 Å². The molecule has 1 atom stereocenters. The number of piperazine rings is 1. The summed E-state index contributed by atoms with van der Waals surface area (Å²) in [6.45, 7) is 3.90. The Hall–Kier alpha value is -1.43. The summed E-state index contributed by atoms with van der Waals surface area (Å²) in [5.74, 6) is 1.02. The highest BCUT2D eigenvalue weighted by Gasteiger charge is 2.24. The van der Waals surface area contributed by atoms with Crippen molar-refractivity contribution in [2.45, 2.75) is 12.6 Å². The zero-order valence-electron chi connectivity index (χ0n) is 11.6. The van der Waals surface area contributed by atoms with E-state index in [1.165, 1.54) is 5.56 Å². The summed E-state index contributed by atoms with van der Waals surface area (Å²) in [5.41, 5.74) is 1.36. The maximum absolute atomic E-state index is 4.33. The van der Waals surface area contributed by atoms with Crippen molar-refractivity contribution in [3.8, 4) is 0 Å². The predicted octanol–water partition coefficient (Wildman–Crippen LogP) is 1.38. The molecule has 1 fully saturated rings. The summed E-state index contributed by atoms with van der Waals surface area (Å²) < 4.78 is 1.85. The average molecular weight is 294 g/mol. The summed E-state index contributed by atoms with van der Waals surface area (Å²) in [7, 11) is 1.95. The second kappa shape index (κ2) is 6.83. The van der Waals surface area contributed by atoms with E-state index in [1.807, 2.05) is 11.7 Å². The Kier molecular flexibility index (Phi) is 5.11. The van der Waals surface area contributed by atoms with Crippen LogP contribution in [0.5, 0.6) is 0 Å². The molecule has 2 aromatic rings. The molecule has 0 bridgehead atoms. The maximum Gasteiger partial charge on any atom is 0.140 e. The minimum absolute atomic E-state index is 0. The first-order valence-corrected chi connectivity index (χ1v) is 6.67. The Morgan fingerprint density at radius 1 is 1.30 bits per heavy atom. The van der Waals surface area contributed by atoms with Crippen molar-refractivity contribution in [3.05, 3.63) is 48.0 Å². The summed E-state index contributed by atoms with van der Waals surface area (Å²) in [4.78, 5) is 6.80. The molecule has 0 aliphatic carbocycles. The Morgan fingerprint density at radius 3 is 2.80 bits per heavy atom. The third-order valence-electron chi connectivity index (χ3n) is 3.69. The van der Waals surface area contributed by atoms with Crippen LogP contribution in [0.1, 0.15) is 17.4 Å². The van der Waals surface area contributed by atoms with E-state index in [2.05, 4.69) is 50.6 Å². The number of nitrogens with one attached hydrogen (secondary N) is 1. The number of hydrogen-bond donors (Lipinski definition) is 1. The van der Waals surface area contributed by atoms with Gasteiger partial charge in [-0.3, -0.25) is 9.58 Å². The molecule has 0 saturated carbocycles. The van der Waals surface area contributed by atoms with Crippen LogP contribution in [0.4, 0.5) is 0 Å². The van der Waals surface area contributed by atoms with Crippen LogP contribution in [0, 0.1) is 0 Å². The van der Waals surface area contributed by atoms with Gasteiger partial charge in [0.05, 0.1) is 6.54 Å². The lowest BCUT2D eigenvalue weighted by Crippen LogP contribution is -2.45. The molecule has 1 aromatic heterocycles. The lowest BCUT2D eigenvalue weighted by Gasteiger charge is -2.36. The molecular weight excluding hydrogens is 274 g/mol. The highest BCUT2D eigenvalue weighted by molar-refractivity contribution is 5.85. The molecule has 1 saturated heterocycles. The van der Waals surface area contributed by atoms with Gasteiger partial charge in [-0.25, -0.2) is 4.98 Å². The number of rotatable bonds is 3. The first kappa shape index (κ1) is 15.0.